The predicted octanol–water partition coefficient (Wildman–Crippen LogP) is 0.676. The Morgan fingerprint density at radius 1 is 1.20 bits per heavy atom. The molecule has 0 amide bonds. The molecule has 2 heterocycles. The van der Waals surface area contributed by atoms with Crippen LogP contribution in [0.1, 0.15) is 18.7 Å². The van der Waals surface area contributed by atoms with Gasteiger partial charge in [-0.3, -0.25) is 18.9 Å². The fourth-order valence-electron chi connectivity index (χ4n) is 2.08. The lowest BCUT2D eigenvalue weighted by molar-refractivity contribution is 0.635. The average molecular weight is 274 g/mol. The maximum absolute atomic E-state index is 12.0. The van der Waals surface area contributed by atoms with Gasteiger partial charge in [-0.25, -0.2) is 4.79 Å². The zero-order valence-corrected chi connectivity index (χ0v) is 12.1. The van der Waals surface area contributed by atoms with E-state index in [0.717, 1.165) is 10.3 Å². The molecule has 0 radical (unpaired) electrons. The Bertz CT molecular complexity index is 718. The molecule has 2 aromatic heterocycles. The van der Waals surface area contributed by atoms with Crippen LogP contribution in [-0.4, -0.2) is 21.2 Å². The Morgan fingerprint density at radius 3 is 2.50 bits per heavy atom. The molecule has 0 unspecified atom stereocenters. The molecule has 0 bridgehead atoms. The zero-order chi connectivity index (χ0) is 14.9. The summed E-state index contributed by atoms with van der Waals surface area (Å²) >= 11 is 0. The van der Waals surface area contributed by atoms with Gasteiger partial charge in [-0.1, -0.05) is 6.07 Å². The van der Waals surface area contributed by atoms with E-state index in [1.807, 2.05) is 37.1 Å². The second-order valence-corrected chi connectivity index (χ2v) is 4.78. The van der Waals surface area contributed by atoms with E-state index in [9.17, 15) is 9.59 Å². The quantitative estimate of drug-likeness (QED) is 0.825. The fourth-order valence-corrected chi connectivity index (χ4v) is 2.08. The van der Waals surface area contributed by atoms with Crippen molar-refractivity contribution in [2.45, 2.75) is 13.0 Å². The largest absolute Gasteiger partial charge is 0.352 e. The third kappa shape index (κ3) is 2.36. The lowest BCUT2D eigenvalue weighted by atomic mass is 10.2. The standard InChI is InChI=1S/C14H18N4O2/c1-10(11-7-5-6-8-15-11)16(2)12-9-13(19)18(4)14(20)17(12)3/h5-10H,1-4H3/t10-/m1/s1. The molecule has 0 fully saturated rings. The summed E-state index contributed by atoms with van der Waals surface area (Å²) < 4.78 is 2.55. The van der Waals surface area contributed by atoms with Gasteiger partial charge in [0.25, 0.3) is 5.56 Å². The molecule has 0 aromatic carbocycles. The van der Waals surface area contributed by atoms with E-state index in [1.165, 1.54) is 17.7 Å². The van der Waals surface area contributed by atoms with Gasteiger partial charge in [0.2, 0.25) is 0 Å². The van der Waals surface area contributed by atoms with E-state index in [4.69, 9.17) is 0 Å². The summed E-state index contributed by atoms with van der Waals surface area (Å²) in [6.07, 6.45) is 1.72. The molecule has 1 atom stereocenters. The third-order valence-electron chi connectivity index (χ3n) is 3.56. The summed E-state index contributed by atoms with van der Waals surface area (Å²) in [5.74, 6) is 0.566. The van der Waals surface area contributed by atoms with E-state index in [2.05, 4.69) is 4.98 Å². The summed E-state index contributed by atoms with van der Waals surface area (Å²) in [7, 11) is 4.96. The average Bonchev–Trinajstić information content (AvgIpc) is 2.48. The van der Waals surface area contributed by atoms with E-state index in [0.29, 0.717) is 5.82 Å². The van der Waals surface area contributed by atoms with Crippen molar-refractivity contribution in [3.05, 3.63) is 57.0 Å². The van der Waals surface area contributed by atoms with Crippen LogP contribution in [0.5, 0.6) is 0 Å². The van der Waals surface area contributed by atoms with Gasteiger partial charge in [0.05, 0.1) is 11.7 Å². The van der Waals surface area contributed by atoms with Gasteiger partial charge in [-0.15, -0.1) is 0 Å². The third-order valence-corrected chi connectivity index (χ3v) is 3.56. The number of anilines is 1. The van der Waals surface area contributed by atoms with E-state index in [1.54, 1.807) is 13.2 Å². The second kappa shape index (κ2) is 5.32. The molecule has 0 spiro atoms. The number of hydrogen-bond acceptors (Lipinski definition) is 4. The molecule has 0 N–H and O–H groups in total. The maximum Gasteiger partial charge on any atom is 0.332 e. The Balaban J connectivity index is 2.47. The normalized spacial score (nSPS) is 12.2. The molecule has 0 aliphatic carbocycles. The molecule has 106 valence electrons. The maximum atomic E-state index is 12.0. The minimum Gasteiger partial charge on any atom is -0.352 e. The molecule has 0 aliphatic rings. The summed E-state index contributed by atoms with van der Waals surface area (Å²) in [6, 6.07) is 7.09. The molecule has 20 heavy (non-hydrogen) atoms. The van der Waals surface area contributed by atoms with Crippen molar-refractivity contribution in [3.63, 3.8) is 0 Å². The van der Waals surface area contributed by atoms with Crippen molar-refractivity contribution in [1.82, 2.24) is 14.1 Å². The molecule has 6 heteroatoms. The van der Waals surface area contributed by atoms with E-state index in [-0.39, 0.29) is 17.3 Å². The highest BCUT2D eigenvalue weighted by Crippen LogP contribution is 2.21. The van der Waals surface area contributed by atoms with Crippen LogP contribution < -0.4 is 16.1 Å². The van der Waals surface area contributed by atoms with Crippen molar-refractivity contribution in [2.24, 2.45) is 14.1 Å². The number of pyridine rings is 1. The minimum absolute atomic E-state index is 0.0473. The van der Waals surface area contributed by atoms with Crippen LogP contribution in [0.2, 0.25) is 0 Å². The van der Waals surface area contributed by atoms with Crippen LogP contribution in [-0.2, 0) is 14.1 Å². The van der Waals surface area contributed by atoms with Gasteiger partial charge in [0.1, 0.15) is 5.82 Å². The van der Waals surface area contributed by atoms with Crippen molar-refractivity contribution in [3.8, 4) is 0 Å². The van der Waals surface area contributed by atoms with Crippen LogP contribution in [0.15, 0.2) is 40.1 Å². The van der Waals surface area contributed by atoms with Crippen LogP contribution in [0.25, 0.3) is 0 Å². The van der Waals surface area contributed by atoms with E-state index < -0.39 is 0 Å². The zero-order valence-electron chi connectivity index (χ0n) is 12.1. The van der Waals surface area contributed by atoms with Crippen LogP contribution >= 0.6 is 0 Å². The molecular weight excluding hydrogens is 256 g/mol. The number of aromatic nitrogens is 3. The van der Waals surface area contributed by atoms with Crippen molar-refractivity contribution in [2.75, 3.05) is 11.9 Å². The first kappa shape index (κ1) is 14.0. The monoisotopic (exact) mass is 274 g/mol. The predicted molar refractivity (Wildman–Crippen MR) is 78.0 cm³/mol. The molecule has 2 aromatic rings. The molecular formula is C14H18N4O2. The molecule has 6 nitrogen and oxygen atoms in total. The Kier molecular flexibility index (Phi) is 3.74. The van der Waals surface area contributed by atoms with Crippen LogP contribution in [0, 0.1) is 0 Å². The Labute approximate surface area is 116 Å². The van der Waals surface area contributed by atoms with Crippen LogP contribution in [0.3, 0.4) is 0 Å². The second-order valence-electron chi connectivity index (χ2n) is 4.78. The lowest BCUT2D eigenvalue weighted by Gasteiger charge is -2.28. The first-order valence-electron chi connectivity index (χ1n) is 6.34. The van der Waals surface area contributed by atoms with Gasteiger partial charge >= 0.3 is 5.69 Å². The van der Waals surface area contributed by atoms with Crippen LogP contribution in [0.4, 0.5) is 5.82 Å². The molecule has 0 saturated heterocycles. The van der Waals surface area contributed by atoms with Crippen molar-refractivity contribution in [1.29, 1.82) is 0 Å². The summed E-state index contributed by atoms with van der Waals surface area (Å²) in [6.45, 7) is 1.98. The van der Waals surface area contributed by atoms with Crippen molar-refractivity contribution < 1.29 is 0 Å². The van der Waals surface area contributed by atoms with Gasteiger partial charge in [-0.2, -0.15) is 0 Å². The topological polar surface area (TPSA) is 60.1 Å². The number of rotatable bonds is 3. The first-order valence-corrected chi connectivity index (χ1v) is 6.34. The van der Waals surface area contributed by atoms with Gasteiger partial charge in [-0.05, 0) is 19.1 Å². The number of hydrogen-bond donors (Lipinski definition) is 0. The summed E-state index contributed by atoms with van der Waals surface area (Å²) in [5.41, 5.74) is 0.221. The van der Waals surface area contributed by atoms with E-state index >= 15 is 0 Å². The fraction of sp³-hybridized carbons (Fsp3) is 0.357. The summed E-state index contributed by atoms with van der Waals surface area (Å²) in [4.78, 5) is 29.9. The molecule has 2 rings (SSSR count). The smallest absolute Gasteiger partial charge is 0.332 e. The van der Waals surface area contributed by atoms with Gasteiger partial charge in [0, 0.05) is 33.4 Å². The highest BCUT2D eigenvalue weighted by atomic mass is 16.2. The summed E-state index contributed by atoms with van der Waals surface area (Å²) in [5, 5.41) is 0. The van der Waals surface area contributed by atoms with Gasteiger partial charge < -0.3 is 4.90 Å². The van der Waals surface area contributed by atoms with Crippen molar-refractivity contribution >= 4 is 5.82 Å². The number of nitrogens with zero attached hydrogens (tertiary/aromatic N) is 4. The minimum atomic E-state index is -0.340. The SMILES string of the molecule is C[C@H](c1ccccn1)N(C)c1cc(=O)n(C)c(=O)n1C. The molecule has 0 aliphatic heterocycles. The Morgan fingerprint density at radius 2 is 1.90 bits per heavy atom. The highest BCUT2D eigenvalue weighted by molar-refractivity contribution is 5.40. The first-order chi connectivity index (χ1) is 9.43. The van der Waals surface area contributed by atoms with Gasteiger partial charge in [0.15, 0.2) is 0 Å². The lowest BCUT2D eigenvalue weighted by Crippen LogP contribution is -2.40. The molecule has 0 saturated carbocycles. The highest BCUT2D eigenvalue weighted by Gasteiger charge is 2.17. The Hall–Kier alpha value is -2.37.